The van der Waals surface area contributed by atoms with E-state index in [1.165, 1.54) is 12.5 Å². The number of hydrogen-bond acceptors (Lipinski definition) is 5. The van der Waals surface area contributed by atoms with Gasteiger partial charge in [-0.25, -0.2) is 13.4 Å². The number of imidazole rings is 1. The lowest BCUT2D eigenvalue weighted by Crippen LogP contribution is -2.56. The Balaban J connectivity index is 2.34. The number of aliphatic carboxylic acids is 1. The van der Waals surface area contributed by atoms with Crippen molar-refractivity contribution < 1.29 is 18.3 Å². The fourth-order valence-electron chi connectivity index (χ4n) is 1.95. The van der Waals surface area contributed by atoms with Gasteiger partial charge in [0, 0.05) is 32.4 Å². The zero-order valence-corrected chi connectivity index (χ0v) is 11.3. The molecule has 2 rings (SSSR count). The second-order valence-corrected chi connectivity index (χ2v) is 6.05. The standard InChI is InChI=1S/C10H16N4O4S/c1-2-13-6-9(12-7-13)19(17,18)14-4-3-11-5-8(14)10(15)16/h6-8,11H,2-5H2,1H3,(H,15,16). The number of hydrogen-bond donors (Lipinski definition) is 2. The van der Waals surface area contributed by atoms with E-state index in [0.717, 1.165) is 4.31 Å². The molecule has 8 nitrogen and oxygen atoms in total. The van der Waals surface area contributed by atoms with E-state index < -0.39 is 22.0 Å². The highest BCUT2D eigenvalue weighted by Gasteiger charge is 2.38. The van der Waals surface area contributed by atoms with Crippen LogP contribution in [-0.4, -0.2) is 59.0 Å². The number of carbonyl (C=O) groups is 1. The summed E-state index contributed by atoms with van der Waals surface area (Å²) in [6, 6.07) is -1.09. The summed E-state index contributed by atoms with van der Waals surface area (Å²) in [6.45, 7) is 3.12. The van der Waals surface area contributed by atoms with Gasteiger partial charge in [0.15, 0.2) is 5.03 Å². The summed E-state index contributed by atoms with van der Waals surface area (Å²) < 4.78 is 27.4. The maximum absolute atomic E-state index is 12.4. The fraction of sp³-hybridized carbons (Fsp3) is 0.600. The highest BCUT2D eigenvalue weighted by atomic mass is 32.2. The first-order valence-electron chi connectivity index (χ1n) is 5.94. The molecule has 19 heavy (non-hydrogen) atoms. The molecule has 0 bridgehead atoms. The topological polar surface area (TPSA) is 105 Å². The van der Waals surface area contributed by atoms with Gasteiger partial charge in [-0.2, -0.15) is 4.31 Å². The molecule has 0 aliphatic carbocycles. The van der Waals surface area contributed by atoms with Crippen molar-refractivity contribution in [2.45, 2.75) is 24.5 Å². The monoisotopic (exact) mass is 288 g/mol. The van der Waals surface area contributed by atoms with Crippen molar-refractivity contribution in [2.24, 2.45) is 0 Å². The molecule has 1 aliphatic heterocycles. The van der Waals surface area contributed by atoms with Gasteiger partial charge in [0.05, 0.1) is 6.33 Å². The Hall–Kier alpha value is -1.45. The average Bonchev–Trinajstić information content (AvgIpc) is 2.88. The third-order valence-corrected chi connectivity index (χ3v) is 4.82. The number of piperazine rings is 1. The molecule has 0 amide bonds. The molecule has 0 spiro atoms. The number of carboxylic acid groups (broad SMARTS) is 1. The number of rotatable bonds is 4. The van der Waals surface area contributed by atoms with E-state index in [0.29, 0.717) is 13.1 Å². The molecule has 0 aromatic carbocycles. The molecule has 1 unspecified atom stereocenters. The summed E-state index contributed by atoms with van der Waals surface area (Å²) in [5.41, 5.74) is 0. The van der Waals surface area contributed by atoms with Gasteiger partial charge in [0.2, 0.25) is 0 Å². The Bertz CT molecular complexity index is 568. The minimum atomic E-state index is -3.86. The van der Waals surface area contributed by atoms with Crippen LogP contribution in [0.25, 0.3) is 0 Å². The minimum absolute atomic E-state index is 0.100. The molecule has 1 aromatic heterocycles. The molecule has 1 aromatic rings. The molecule has 0 radical (unpaired) electrons. The third kappa shape index (κ3) is 2.62. The molecule has 2 heterocycles. The zero-order valence-electron chi connectivity index (χ0n) is 10.5. The molecule has 9 heteroatoms. The predicted molar refractivity (Wildman–Crippen MR) is 66.1 cm³/mol. The molecular formula is C10H16N4O4S. The lowest BCUT2D eigenvalue weighted by atomic mass is 10.2. The predicted octanol–water partition coefficient (Wildman–Crippen LogP) is -1.05. The highest BCUT2D eigenvalue weighted by Crippen LogP contribution is 2.18. The van der Waals surface area contributed by atoms with Gasteiger partial charge in [-0.15, -0.1) is 0 Å². The molecule has 1 aliphatic rings. The van der Waals surface area contributed by atoms with Gasteiger partial charge in [0.1, 0.15) is 6.04 Å². The first-order chi connectivity index (χ1) is 8.96. The van der Waals surface area contributed by atoms with Crippen LogP contribution in [-0.2, 0) is 21.4 Å². The summed E-state index contributed by atoms with van der Waals surface area (Å²) in [4.78, 5) is 15.0. The number of aromatic nitrogens is 2. The highest BCUT2D eigenvalue weighted by molar-refractivity contribution is 7.89. The number of sulfonamides is 1. The molecule has 1 fully saturated rings. The van der Waals surface area contributed by atoms with Crippen LogP contribution in [0.1, 0.15) is 6.92 Å². The Morgan fingerprint density at radius 2 is 2.37 bits per heavy atom. The fourth-order valence-corrected chi connectivity index (χ4v) is 3.47. The molecular weight excluding hydrogens is 272 g/mol. The molecule has 0 saturated carbocycles. The van der Waals surface area contributed by atoms with Crippen LogP contribution >= 0.6 is 0 Å². The molecule has 1 saturated heterocycles. The minimum Gasteiger partial charge on any atom is -0.480 e. The normalized spacial score (nSPS) is 21.4. The molecule has 106 valence electrons. The van der Waals surface area contributed by atoms with Crippen molar-refractivity contribution >= 4 is 16.0 Å². The van der Waals surface area contributed by atoms with Gasteiger partial charge < -0.3 is 15.0 Å². The largest absolute Gasteiger partial charge is 0.480 e. The summed E-state index contributed by atoms with van der Waals surface area (Å²) in [5.74, 6) is -1.16. The van der Waals surface area contributed by atoms with Crippen LogP contribution in [0.3, 0.4) is 0 Å². The lowest BCUT2D eigenvalue weighted by molar-refractivity contribution is -0.141. The van der Waals surface area contributed by atoms with Crippen molar-refractivity contribution in [1.29, 1.82) is 0 Å². The summed E-state index contributed by atoms with van der Waals surface area (Å²) in [5, 5.41) is 11.9. The van der Waals surface area contributed by atoms with E-state index in [-0.39, 0.29) is 18.1 Å². The average molecular weight is 288 g/mol. The Morgan fingerprint density at radius 1 is 1.63 bits per heavy atom. The lowest BCUT2D eigenvalue weighted by Gasteiger charge is -2.31. The third-order valence-electron chi connectivity index (χ3n) is 3.03. The van der Waals surface area contributed by atoms with Crippen LogP contribution in [0.2, 0.25) is 0 Å². The van der Waals surface area contributed by atoms with Gasteiger partial charge >= 0.3 is 5.97 Å². The summed E-state index contributed by atoms with van der Waals surface area (Å²) in [6.07, 6.45) is 2.83. The van der Waals surface area contributed by atoms with Gasteiger partial charge in [0.25, 0.3) is 10.0 Å². The molecule has 1 atom stereocenters. The number of carboxylic acids is 1. The van der Waals surface area contributed by atoms with Crippen LogP contribution in [0, 0.1) is 0 Å². The number of nitrogens with one attached hydrogen (secondary N) is 1. The van der Waals surface area contributed by atoms with Crippen LogP contribution in [0.15, 0.2) is 17.6 Å². The Labute approximate surface area is 111 Å². The van der Waals surface area contributed by atoms with Crippen molar-refractivity contribution in [2.75, 3.05) is 19.6 Å². The van der Waals surface area contributed by atoms with Crippen LogP contribution in [0.4, 0.5) is 0 Å². The van der Waals surface area contributed by atoms with Crippen molar-refractivity contribution in [3.05, 3.63) is 12.5 Å². The van der Waals surface area contributed by atoms with Crippen LogP contribution < -0.4 is 5.32 Å². The quantitative estimate of drug-likeness (QED) is 0.732. The summed E-state index contributed by atoms with van der Waals surface area (Å²) in [7, 11) is -3.86. The second-order valence-electron chi connectivity index (χ2n) is 4.22. The van der Waals surface area contributed by atoms with Crippen molar-refractivity contribution in [3.8, 4) is 0 Å². The molecule has 2 N–H and O–H groups in total. The van der Waals surface area contributed by atoms with Gasteiger partial charge in [-0.1, -0.05) is 0 Å². The second kappa shape index (κ2) is 5.27. The smallest absolute Gasteiger partial charge is 0.323 e. The Kier molecular flexibility index (Phi) is 3.88. The SMILES string of the molecule is CCn1cnc(S(=O)(=O)N2CCNCC2C(=O)O)c1. The Morgan fingerprint density at radius 3 is 2.95 bits per heavy atom. The van der Waals surface area contributed by atoms with Crippen molar-refractivity contribution in [1.82, 2.24) is 19.2 Å². The maximum atomic E-state index is 12.4. The van der Waals surface area contributed by atoms with Crippen LogP contribution in [0.5, 0.6) is 0 Å². The van der Waals surface area contributed by atoms with E-state index >= 15 is 0 Å². The van der Waals surface area contributed by atoms with E-state index in [9.17, 15) is 13.2 Å². The van der Waals surface area contributed by atoms with Crippen molar-refractivity contribution in [3.63, 3.8) is 0 Å². The maximum Gasteiger partial charge on any atom is 0.323 e. The van der Waals surface area contributed by atoms with E-state index in [2.05, 4.69) is 10.3 Å². The van der Waals surface area contributed by atoms with Gasteiger partial charge in [-0.3, -0.25) is 4.79 Å². The van der Waals surface area contributed by atoms with Gasteiger partial charge in [-0.05, 0) is 6.92 Å². The first kappa shape index (κ1) is 14.0. The van der Waals surface area contributed by atoms with E-state index in [1.54, 1.807) is 4.57 Å². The van der Waals surface area contributed by atoms with E-state index in [1.807, 2.05) is 6.92 Å². The zero-order chi connectivity index (χ0) is 14.0. The van der Waals surface area contributed by atoms with E-state index in [4.69, 9.17) is 5.11 Å². The number of nitrogens with zero attached hydrogens (tertiary/aromatic N) is 3. The summed E-state index contributed by atoms with van der Waals surface area (Å²) >= 11 is 0. The number of aryl methyl sites for hydroxylation is 1. The first-order valence-corrected chi connectivity index (χ1v) is 7.38.